The van der Waals surface area contributed by atoms with Gasteiger partial charge in [0.2, 0.25) is 10.0 Å². The van der Waals surface area contributed by atoms with Gasteiger partial charge in [-0.1, -0.05) is 18.9 Å². The van der Waals surface area contributed by atoms with Crippen LogP contribution in [0.25, 0.3) is 0 Å². The van der Waals surface area contributed by atoms with Crippen molar-refractivity contribution in [3.8, 4) is 11.8 Å². The first-order chi connectivity index (χ1) is 10.5. The van der Waals surface area contributed by atoms with Crippen molar-refractivity contribution in [1.82, 2.24) is 4.72 Å². The second-order valence-corrected chi connectivity index (χ2v) is 7.67. The summed E-state index contributed by atoms with van der Waals surface area (Å²) in [6.07, 6.45) is 3.94. The van der Waals surface area contributed by atoms with E-state index in [2.05, 4.69) is 10.8 Å². The van der Waals surface area contributed by atoms with Gasteiger partial charge in [-0.3, -0.25) is 0 Å². The molecule has 0 bridgehead atoms. The predicted molar refractivity (Wildman–Crippen MR) is 85.0 cm³/mol. The van der Waals surface area contributed by atoms with Crippen LogP contribution in [0.5, 0.6) is 5.75 Å². The number of benzene rings is 1. The topological polar surface area (TPSA) is 79.2 Å². The van der Waals surface area contributed by atoms with Crippen molar-refractivity contribution in [2.24, 2.45) is 5.92 Å². The van der Waals surface area contributed by atoms with E-state index in [0.29, 0.717) is 17.9 Å². The minimum absolute atomic E-state index is 0.0575. The van der Waals surface area contributed by atoms with Crippen LogP contribution in [0.15, 0.2) is 24.3 Å². The number of nitrogens with zero attached hydrogens (tertiary/aromatic N) is 1. The quantitative estimate of drug-likeness (QED) is 0.872. The largest absolute Gasteiger partial charge is 0.493 e. The average Bonchev–Trinajstić information content (AvgIpc) is 2.54. The van der Waals surface area contributed by atoms with Crippen LogP contribution in [0.1, 0.15) is 38.2 Å². The first kappa shape index (κ1) is 16.8. The van der Waals surface area contributed by atoms with E-state index >= 15 is 0 Å². The lowest BCUT2D eigenvalue weighted by Gasteiger charge is -2.31. The van der Waals surface area contributed by atoms with Gasteiger partial charge in [0.1, 0.15) is 5.75 Å². The van der Waals surface area contributed by atoms with Crippen LogP contribution in [0.4, 0.5) is 0 Å². The summed E-state index contributed by atoms with van der Waals surface area (Å²) in [5.74, 6) is 0.920. The molecule has 1 N–H and O–H groups in total. The summed E-state index contributed by atoms with van der Waals surface area (Å²) in [7, 11) is -3.19. The van der Waals surface area contributed by atoms with Crippen molar-refractivity contribution >= 4 is 10.0 Å². The van der Waals surface area contributed by atoms with E-state index in [1.54, 1.807) is 25.1 Å². The lowest BCUT2D eigenvalue weighted by Crippen LogP contribution is -2.44. The number of nitrogens with one attached hydrogen (secondary N) is 1. The third kappa shape index (κ3) is 4.72. The molecule has 1 fully saturated rings. The maximum Gasteiger partial charge on any atom is 0.211 e. The zero-order valence-electron chi connectivity index (χ0n) is 12.8. The smallest absolute Gasteiger partial charge is 0.211 e. The minimum atomic E-state index is -3.19. The maximum absolute atomic E-state index is 11.8. The lowest BCUT2D eigenvalue weighted by molar-refractivity contribution is 0.180. The van der Waals surface area contributed by atoms with E-state index in [4.69, 9.17) is 10.00 Å². The summed E-state index contributed by atoms with van der Waals surface area (Å²) < 4.78 is 32.1. The van der Waals surface area contributed by atoms with Gasteiger partial charge >= 0.3 is 0 Å². The number of hydrogen-bond acceptors (Lipinski definition) is 4. The van der Waals surface area contributed by atoms with Gasteiger partial charge in [0.25, 0.3) is 0 Å². The summed E-state index contributed by atoms with van der Waals surface area (Å²) >= 11 is 0. The van der Waals surface area contributed by atoms with Crippen LogP contribution < -0.4 is 9.46 Å². The Morgan fingerprint density at radius 1 is 1.36 bits per heavy atom. The lowest BCUT2D eigenvalue weighted by atomic mass is 9.86. The van der Waals surface area contributed by atoms with Crippen molar-refractivity contribution in [2.45, 2.75) is 38.6 Å². The highest BCUT2D eigenvalue weighted by molar-refractivity contribution is 7.89. The number of ether oxygens (including phenoxy) is 1. The van der Waals surface area contributed by atoms with Gasteiger partial charge in [0, 0.05) is 12.0 Å². The van der Waals surface area contributed by atoms with Gasteiger partial charge in [-0.05, 0) is 38.0 Å². The highest BCUT2D eigenvalue weighted by atomic mass is 32.2. The van der Waals surface area contributed by atoms with Crippen LogP contribution in [-0.2, 0) is 10.0 Å². The molecular weight excluding hydrogens is 300 g/mol. The monoisotopic (exact) mass is 322 g/mol. The molecule has 1 aliphatic carbocycles. The molecule has 1 saturated carbocycles. The Morgan fingerprint density at radius 2 is 2.14 bits per heavy atom. The molecule has 0 aromatic heterocycles. The van der Waals surface area contributed by atoms with Gasteiger partial charge in [-0.15, -0.1) is 0 Å². The Hall–Kier alpha value is -1.58. The number of hydrogen-bond donors (Lipinski definition) is 1. The molecule has 1 aromatic carbocycles. The van der Waals surface area contributed by atoms with Gasteiger partial charge < -0.3 is 4.74 Å². The van der Waals surface area contributed by atoms with Gasteiger partial charge in [0.15, 0.2) is 0 Å². The molecule has 0 amide bonds. The van der Waals surface area contributed by atoms with Crippen molar-refractivity contribution in [2.75, 3.05) is 12.4 Å². The molecule has 6 heteroatoms. The summed E-state index contributed by atoms with van der Waals surface area (Å²) in [4.78, 5) is 0. The highest BCUT2D eigenvalue weighted by Gasteiger charge is 2.28. The van der Waals surface area contributed by atoms with Crippen LogP contribution in [0, 0.1) is 17.2 Å². The predicted octanol–water partition coefficient (Wildman–Crippen LogP) is 2.44. The van der Waals surface area contributed by atoms with Crippen molar-refractivity contribution in [1.29, 1.82) is 5.26 Å². The normalized spacial score (nSPS) is 22.0. The van der Waals surface area contributed by atoms with Crippen molar-refractivity contribution in [3.63, 3.8) is 0 Å². The van der Waals surface area contributed by atoms with E-state index in [1.165, 1.54) is 0 Å². The van der Waals surface area contributed by atoms with Gasteiger partial charge in [0.05, 0.1) is 24.0 Å². The zero-order valence-corrected chi connectivity index (χ0v) is 13.6. The number of rotatable bonds is 6. The molecule has 1 aliphatic rings. The van der Waals surface area contributed by atoms with Crippen molar-refractivity contribution < 1.29 is 13.2 Å². The van der Waals surface area contributed by atoms with E-state index in [1.807, 2.05) is 6.07 Å². The molecule has 2 atom stereocenters. The molecule has 0 radical (unpaired) electrons. The number of sulfonamides is 1. The van der Waals surface area contributed by atoms with E-state index in [0.717, 1.165) is 25.7 Å². The van der Waals surface area contributed by atoms with Crippen LogP contribution in [-0.4, -0.2) is 26.8 Å². The Kier molecular flexibility index (Phi) is 5.81. The molecule has 0 heterocycles. The minimum Gasteiger partial charge on any atom is -0.493 e. The Balaban J connectivity index is 1.98. The summed E-state index contributed by atoms with van der Waals surface area (Å²) in [6.45, 7) is 2.11. The fraction of sp³-hybridized carbons (Fsp3) is 0.562. The first-order valence-corrected chi connectivity index (χ1v) is 9.32. The third-order valence-corrected chi connectivity index (χ3v) is 5.47. The van der Waals surface area contributed by atoms with E-state index < -0.39 is 10.0 Å². The average molecular weight is 322 g/mol. The van der Waals surface area contributed by atoms with Crippen LogP contribution in [0.2, 0.25) is 0 Å². The molecule has 120 valence electrons. The zero-order chi connectivity index (χ0) is 16.0. The van der Waals surface area contributed by atoms with E-state index in [-0.39, 0.29) is 17.7 Å². The van der Waals surface area contributed by atoms with E-state index in [9.17, 15) is 8.42 Å². The first-order valence-electron chi connectivity index (χ1n) is 7.67. The molecule has 5 nitrogen and oxygen atoms in total. The van der Waals surface area contributed by atoms with Crippen LogP contribution >= 0.6 is 0 Å². The molecule has 0 unspecified atom stereocenters. The molecule has 1 aromatic rings. The summed E-state index contributed by atoms with van der Waals surface area (Å²) in [6, 6.07) is 9.05. The van der Waals surface area contributed by atoms with Gasteiger partial charge in [-0.25, -0.2) is 13.1 Å². The second kappa shape index (κ2) is 7.61. The summed E-state index contributed by atoms with van der Waals surface area (Å²) in [5, 5.41) is 8.89. The van der Waals surface area contributed by atoms with Crippen molar-refractivity contribution in [3.05, 3.63) is 29.8 Å². The molecule has 22 heavy (non-hydrogen) atoms. The van der Waals surface area contributed by atoms with Crippen LogP contribution in [0.3, 0.4) is 0 Å². The molecule has 0 aliphatic heterocycles. The fourth-order valence-corrected chi connectivity index (χ4v) is 3.67. The second-order valence-electron chi connectivity index (χ2n) is 5.62. The summed E-state index contributed by atoms with van der Waals surface area (Å²) in [5.41, 5.74) is 0.560. The standard InChI is InChI=1S/C16H22N2O3S/c1-2-22(19,20)18-16-9-4-3-7-14(16)12-21-15-8-5-6-13(10-15)11-17/h5-6,8,10,14,16,18H,2-4,7,9,12H2,1H3/t14-,16+/m1/s1. The molecule has 0 saturated heterocycles. The Labute approximate surface area is 132 Å². The Bertz CT molecular complexity index is 637. The van der Waals surface area contributed by atoms with Gasteiger partial charge in [-0.2, -0.15) is 5.26 Å². The Morgan fingerprint density at radius 3 is 2.86 bits per heavy atom. The SMILES string of the molecule is CCS(=O)(=O)N[C@H]1CCCC[C@@H]1COc1cccc(C#N)c1. The maximum atomic E-state index is 11.8. The highest BCUT2D eigenvalue weighted by Crippen LogP contribution is 2.26. The third-order valence-electron chi connectivity index (χ3n) is 4.05. The number of nitriles is 1. The fourth-order valence-electron chi connectivity index (χ4n) is 2.73. The molecule has 2 rings (SSSR count). The molecular formula is C16H22N2O3S. The molecule has 0 spiro atoms.